The molecule has 0 saturated carbocycles. The second kappa shape index (κ2) is 5.14. The smallest absolute Gasteiger partial charge is 0.258 e. The van der Waals surface area contributed by atoms with E-state index < -0.39 is 0 Å². The fourth-order valence-corrected chi connectivity index (χ4v) is 1.87. The number of nitrogens with two attached hydrogens (primary N) is 1. The van der Waals surface area contributed by atoms with E-state index in [4.69, 9.17) is 10.5 Å². The summed E-state index contributed by atoms with van der Waals surface area (Å²) in [6, 6.07) is 0. The molecule has 1 aliphatic heterocycles. The maximum Gasteiger partial charge on any atom is 0.258 e. The summed E-state index contributed by atoms with van der Waals surface area (Å²) in [6.45, 7) is 2.98. The number of nitrogen functional groups attached to an aromatic ring is 1. The first kappa shape index (κ1) is 11.8. The predicted octanol–water partition coefficient (Wildman–Crippen LogP) is -0.739. The lowest BCUT2D eigenvalue weighted by atomic mass is 10.4. The molecule has 0 amide bonds. The van der Waals surface area contributed by atoms with Crippen molar-refractivity contribution in [2.24, 2.45) is 0 Å². The van der Waals surface area contributed by atoms with Crippen LogP contribution >= 0.6 is 0 Å². The van der Waals surface area contributed by atoms with Gasteiger partial charge in [0.2, 0.25) is 11.9 Å². The normalized spacial score (nSPS) is 16.3. The lowest BCUT2D eigenvalue weighted by Gasteiger charge is -2.19. The summed E-state index contributed by atoms with van der Waals surface area (Å²) in [5, 5.41) is 3.99. The van der Waals surface area contributed by atoms with Gasteiger partial charge in [0.15, 0.2) is 0 Å². The van der Waals surface area contributed by atoms with Gasteiger partial charge in [-0.3, -0.25) is 0 Å². The molecular weight excluding hydrogens is 248 g/mol. The third-order valence-electron chi connectivity index (χ3n) is 2.76. The van der Waals surface area contributed by atoms with Gasteiger partial charge in [0.05, 0.1) is 6.61 Å². The van der Waals surface area contributed by atoms with Crippen LogP contribution in [0.15, 0.2) is 12.7 Å². The van der Waals surface area contributed by atoms with Crippen molar-refractivity contribution in [3.8, 4) is 5.95 Å². The molecule has 1 fully saturated rings. The Bertz CT molecular complexity index is 534. The maximum atomic E-state index is 5.73. The van der Waals surface area contributed by atoms with Crippen molar-refractivity contribution in [2.75, 3.05) is 36.9 Å². The Balaban J connectivity index is 1.92. The van der Waals surface area contributed by atoms with Crippen molar-refractivity contribution in [1.82, 2.24) is 29.7 Å². The Labute approximate surface area is 109 Å². The van der Waals surface area contributed by atoms with Crippen molar-refractivity contribution >= 4 is 11.9 Å². The van der Waals surface area contributed by atoms with E-state index >= 15 is 0 Å². The third kappa shape index (κ3) is 2.60. The molecule has 0 aromatic carbocycles. The van der Waals surface area contributed by atoms with Crippen LogP contribution in [0.2, 0.25) is 0 Å². The minimum atomic E-state index is 0.167. The largest absolute Gasteiger partial charge is 0.380 e. The van der Waals surface area contributed by atoms with Gasteiger partial charge in [0.25, 0.3) is 5.95 Å². The molecule has 0 bridgehead atoms. The zero-order valence-electron chi connectivity index (χ0n) is 10.3. The molecule has 0 atom stereocenters. The van der Waals surface area contributed by atoms with E-state index in [9.17, 15) is 0 Å². The minimum Gasteiger partial charge on any atom is -0.380 e. The molecule has 9 nitrogen and oxygen atoms in total. The zero-order valence-corrected chi connectivity index (χ0v) is 10.3. The molecule has 1 aliphatic rings. The summed E-state index contributed by atoms with van der Waals surface area (Å²) < 4.78 is 6.86. The average molecular weight is 262 g/mol. The van der Waals surface area contributed by atoms with Crippen LogP contribution in [-0.2, 0) is 4.74 Å². The van der Waals surface area contributed by atoms with Gasteiger partial charge in [0.1, 0.15) is 12.7 Å². The molecule has 0 spiro atoms. The number of nitrogens with zero attached hydrogens (tertiary/aromatic N) is 7. The molecule has 19 heavy (non-hydrogen) atoms. The molecule has 0 aliphatic carbocycles. The van der Waals surface area contributed by atoms with Gasteiger partial charge >= 0.3 is 0 Å². The number of ether oxygens (including phenoxy) is 1. The summed E-state index contributed by atoms with van der Waals surface area (Å²) in [7, 11) is 0. The predicted molar refractivity (Wildman–Crippen MR) is 66.8 cm³/mol. The summed E-state index contributed by atoms with van der Waals surface area (Å²) in [5.41, 5.74) is 5.73. The van der Waals surface area contributed by atoms with Gasteiger partial charge in [-0.25, -0.2) is 4.98 Å². The van der Waals surface area contributed by atoms with Crippen LogP contribution in [0.1, 0.15) is 6.42 Å². The average Bonchev–Trinajstić information content (AvgIpc) is 2.81. The fraction of sp³-hybridized carbons (Fsp3) is 0.500. The van der Waals surface area contributed by atoms with Crippen LogP contribution < -0.4 is 10.6 Å². The Hall–Kier alpha value is -2.29. The number of hydrogen-bond acceptors (Lipinski definition) is 8. The Morgan fingerprint density at radius 2 is 2.00 bits per heavy atom. The standard InChI is InChI=1S/C10H14N8O/c11-8-14-9(17-2-1-4-19-5-3-17)16-10(15-8)18-7-12-6-13-18/h6-7H,1-5H2,(H2,11,14,15,16). The van der Waals surface area contributed by atoms with Crippen LogP contribution in [-0.4, -0.2) is 56.0 Å². The molecule has 0 radical (unpaired) electrons. The van der Waals surface area contributed by atoms with Crippen molar-refractivity contribution in [2.45, 2.75) is 6.42 Å². The molecule has 1 saturated heterocycles. The molecule has 100 valence electrons. The van der Waals surface area contributed by atoms with E-state index in [0.717, 1.165) is 26.1 Å². The molecule has 9 heteroatoms. The minimum absolute atomic E-state index is 0.167. The topological polar surface area (TPSA) is 108 Å². The first-order valence-corrected chi connectivity index (χ1v) is 6.02. The van der Waals surface area contributed by atoms with Gasteiger partial charge in [-0.05, 0) is 6.42 Å². The van der Waals surface area contributed by atoms with E-state index in [1.807, 2.05) is 4.90 Å². The zero-order chi connectivity index (χ0) is 13.1. The highest BCUT2D eigenvalue weighted by Crippen LogP contribution is 2.13. The van der Waals surface area contributed by atoms with Gasteiger partial charge in [-0.2, -0.15) is 24.7 Å². The molecular formula is C10H14N8O. The van der Waals surface area contributed by atoms with Gasteiger partial charge in [-0.1, -0.05) is 0 Å². The lowest BCUT2D eigenvalue weighted by Crippen LogP contribution is -2.28. The van der Waals surface area contributed by atoms with Crippen molar-refractivity contribution in [3.63, 3.8) is 0 Å². The van der Waals surface area contributed by atoms with Crippen molar-refractivity contribution in [1.29, 1.82) is 0 Å². The molecule has 2 aromatic rings. The third-order valence-corrected chi connectivity index (χ3v) is 2.76. The Morgan fingerprint density at radius 1 is 1.11 bits per heavy atom. The molecule has 2 aromatic heterocycles. The number of hydrogen-bond donors (Lipinski definition) is 1. The van der Waals surface area contributed by atoms with Gasteiger partial charge in [0, 0.05) is 19.7 Å². The fourth-order valence-electron chi connectivity index (χ4n) is 1.87. The molecule has 3 rings (SSSR count). The number of aromatic nitrogens is 6. The highest BCUT2D eigenvalue weighted by Gasteiger charge is 2.15. The van der Waals surface area contributed by atoms with Crippen LogP contribution in [0.3, 0.4) is 0 Å². The van der Waals surface area contributed by atoms with Crippen LogP contribution in [0, 0.1) is 0 Å². The number of anilines is 2. The monoisotopic (exact) mass is 262 g/mol. The highest BCUT2D eigenvalue weighted by atomic mass is 16.5. The van der Waals surface area contributed by atoms with E-state index in [2.05, 4.69) is 25.0 Å². The van der Waals surface area contributed by atoms with E-state index in [1.54, 1.807) is 0 Å². The molecule has 2 N–H and O–H groups in total. The Morgan fingerprint density at radius 3 is 2.84 bits per heavy atom. The summed E-state index contributed by atoms with van der Waals surface area (Å²) >= 11 is 0. The molecule has 3 heterocycles. The van der Waals surface area contributed by atoms with Crippen molar-refractivity contribution in [3.05, 3.63) is 12.7 Å². The van der Waals surface area contributed by atoms with E-state index in [0.29, 0.717) is 18.5 Å². The highest BCUT2D eigenvalue weighted by molar-refractivity contribution is 5.37. The second-order valence-corrected chi connectivity index (χ2v) is 4.09. The SMILES string of the molecule is Nc1nc(N2CCCOCC2)nc(-n2cncn2)n1. The lowest BCUT2D eigenvalue weighted by molar-refractivity contribution is 0.152. The van der Waals surface area contributed by atoms with Crippen LogP contribution in [0.5, 0.6) is 0 Å². The summed E-state index contributed by atoms with van der Waals surface area (Å²) in [4.78, 5) is 18.5. The summed E-state index contributed by atoms with van der Waals surface area (Å²) in [5.74, 6) is 1.08. The molecule has 0 unspecified atom stereocenters. The quantitative estimate of drug-likeness (QED) is 0.754. The van der Waals surface area contributed by atoms with Gasteiger partial charge < -0.3 is 15.4 Å². The first-order chi connectivity index (χ1) is 9.33. The van der Waals surface area contributed by atoms with Gasteiger partial charge in [-0.15, -0.1) is 0 Å². The van der Waals surface area contributed by atoms with Crippen LogP contribution in [0.4, 0.5) is 11.9 Å². The van der Waals surface area contributed by atoms with Crippen molar-refractivity contribution < 1.29 is 4.74 Å². The first-order valence-electron chi connectivity index (χ1n) is 6.02. The maximum absolute atomic E-state index is 5.73. The Kier molecular flexibility index (Phi) is 3.19. The van der Waals surface area contributed by atoms with E-state index in [-0.39, 0.29) is 5.95 Å². The van der Waals surface area contributed by atoms with Crippen LogP contribution in [0.25, 0.3) is 5.95 Å². The van der Waals surface area contributed by atoms with E-state index in [1.165, 1.54) is 17.3 Å². The second-order valence-electron chi connectivity index (χ2n) is 4.09. The number of rotatable bonds is 2. The summed E-state index contributed by atoms with van der Waals surface area (Å²) in [6.07, 6.45) is 3.87.